The molecule has 0 amide bonds. The predicted molar refractivity (Wildman–Crippen MR) is 62.2 cm³/mol. The van der Waals surface area contributed by atoms with Crippen molar-refractivity contribution < 1.29 is 14.6 Å². The molecule has 0 aliphatic carbocycles. The van der Waals surface area contributed by atoms with Crippen molar-refractivity contribution in [2.75, 3.05) is 19.0 Å². The summed E-state index contributed by atoms with van der Waals surface area (Å²) in [7, 11) is 1.64. The minimum Gasteiger partial charge on any atom is -0.497 e. The number of methoxy groups -OCH3 is 1. The number of ether oxygens (including phenoxy) is 2. The lowest BCUT2D eigenvalue weighted by Crippen LogP contribution is -2.39. The van der Waals surface area contributed by atoms with Crippen molar-refractivity contribution in [2.24, 2.45) is 0 Å². The van der Waals surface area contributed by atoms with Gasteiger partial charge >= 0.3 is 0 Å². The molecule has 1 aromatic rings. The van der Waals surface area contributed by atoms with Gasteiger partial charge in [0.2, 0.25) is 0 Å². The molecule has 88 valence electrons. The Morgan fingerprint density at radius 1 is 1.50 bits per heavy atom. The van der Waals surface area contributed by atoms with Gasteiger partial charge in [-0.15, -0.1) is 0 Å². The third-order valence-corrected chi connectivity index (χ3v) is 2.82. The maximum absolute atomic E-state index is 8.94. The van der Waals surface area contributed by atoms with E-state index in [0.29, 0.717) is 6.42 Å². The molecule has 2 rings (SSSR count). The summed E-state index contributed by atoms with van der Waals surface area (Å²) >= 11 is 0. The summed E-state index contributed by atoms with van der Waals surface area (Å²) in [6.07, 6.45) is 0.658. The Kier molecular flexibility index (Phi) is 3.19. The summed E-state index contributed by atoms with van der Waals surface area (Å²) < 4.78 is 11.0. The van der Waals surface area contributed by atoms with Gasteiger partial charge in [-0.2, -0.15) is 0 Å². The Morgan fingerprint density at radius 3 is 3.00 bits per heavy atom. The van der Waals surface area contributed by atoms with Gasteiger partial charge in [-0.3, -0.25) is 0 Å². The van der Waals surface area contributed by atoms with Crippen LogP contribution in [-0.2, 0) is 0 Å². The summed E-state index contributed by atoms with van der Waals surface area (Å²) in [5.41, 5.74) is 0.945. The van der Waals surface area contributed by atoms with E-state index in [1.54, 1.807) is 7.11 Å². The smallest absolute Gasteiger partial charge is 0.143 e. The van der Waals surface area contributed by atoms with Gasteiger partial charge in [0.05, 0.1) is 18.8 Å². The normalized spacial score (nSPS) is 22.9. The van der Waals surface area contributed by atoms with Gasteiger partial charge in [0.15, 0.2) is 0 Å². The van der Waals surface area contributed by atoms with Gasteiger partial charge < -0.3 is 19.9 Å². The molecule has 0 bridgehead atoms. The van der Waals surface area contributed by atoms with Crippen LogP contribution in [0.4, 0.5) is 5.69 Å². The lowest BCUT2D eigenvalue weighted by molar-refractivity contribution is 0.134. The van der Waals surface area contributed by atoms with Crippen molar-refractivity contribution in [1.29, 1.82) is 0 Å². The van der Waals surface area contributed by atoms with Crippen LogP contribution in [0.5, 0.6) is 11.5 Å². The first-order chi connectivity index (χ1) is 7.74. The Hall–Kier alpha value is -1.42. The van der Waals surface area contributed by atoms with Crippen molar-refractivity contribution in [3.8, 4) is 11.5 Å². The van der Waals surface area contributed by atoms with E-state index in [2.05, 4.69) is 5.32 Å². The number of hydrogen-bond donors (Lipinski definition) is 2. The molecule has 0 saturated carbocycles. The van der Waals surface area contributed by atoms with E-state index in [9.17, 15) is 0 Å². The van der Waals surface area contributed by atoms with Crippen molar-refractivity contribution >= 4 is 5.69 Å². The topological polar surface area (TPSA) is 50.7 Å². The Labute approximate surface area is 95.2 Å². The Bertz CT molecular complexity index is 367. The van der Waals surface area contributed by atoms with Crippen LogP contribution < -0.4 is 14.8 Å². The van der Waals surface area contributed by atoms with E-state index in [1.165, 1.54) is 0 Å². The largest absolute Gasteiger partial charge is 0.497 e. The van der Waals surface area contributed by atoms with Crippen LogP contribution in [0, 0.1) is 0 Å². The third-order valence-electron chi connectivity index (χ3n) is 2.82. The first kappa shape index (κ1) is 11.1. The fourth-order valence-corrected chi connectivity index (χ4v) is 1.89. The van der Waals surface area contributed by atoms with Crippen LogP contribution in [0.3, 0.4) is 0 Å². The van der Waals surface area contributed by atoms with E-state index in [1.807, 2.05) is 25.1 Å². The summed E-state index contributed by atoms with van der Waals surface area (Å²) in [4.78, 5) is 0. The summed E-state index contributed by atoms with van der Waals surface area (Å²) in [5.74, 6) is 1.63. The van der Waals surface area contributed by atoms with Gasteiger partial charge in [-0.05, 0) is 19.1 Å². The molecular weight excluding hydrogens is 206 g/mol. The van der Waals surface area contributed by atoms with Gasteiger partial charge in [0, 0.05) is 19.1 Å². The Morgan fingerprint density at radius 2 is 2.31 bits per heavy atom. The highest BCUT2D eigenvalue weighted by atomic mass is 16.5. The molecule has 0 fully saturated rings. The Balaban J connectivity index is 2.20. The molecule has 1 aliphatic rings. The second-order valence-electron chi connectivity index (χ2n) is 3.96. The average molecular weight is 223 g/mol. The molecule has 2 atom stereocenters. The zero-order chi connectivity index (χ0) is 11.5. The van der Waals surface area contributed by atoms with E-state index < -0.39 is 0 Å². The van der Waals surface area contributed by atoms with Crippen LogP contribution in [0.25, 0.3) is 0 Å². The van der Waals surface area contributed by atoms with Crippen LogP contribution in [0.15, 0.2) is 18.2 Å². The number of fused-ring (bicyclic) bond motifs is 1. The molecule has 0 saturated heterocycles. The van der Waals surface area contributed by atoms with Crippen molar-refractivity contribution in [3.05, 3.63) is 18.2 Å². The minimum atomic E-state index is 0.0193. The van der Waals surface area contributed by atoms with Crippen LogP contribution in [0.2, 0.25) is 0 Å². The number of aliphatic hydroxyl groups excluding tert-OH is 1. The minimum absolute atomic E-state index is 0.0193. The quantitative estimate of drug-likeness (QED) is 0.818. The van der Waals surface area contributed by atoms with Gasteiger partial charge in [-0.1, -0.05) is 0 Å². The molecule has 0 radical (unpaired) electrons. The van der Waals surface area contributed by atoms with Gasteiger partial charge in [0.1, 0.15) is 17.6 Å². The van der Waals surface area contributed by atoms with E-state index in [4.69, 9.17) is 14.6 Å². The zero-order valence-corrected chi connectivity index (χ0v) is 9.56. The lowest BCUT2D eigenvalue weighted by Gasteiger charge is -2.33. The molecule has 0 spiro atoms. The first-order valence-electron chi connectivity index (χ1n) is 5.46. The van der Waals surface area contributed by atoms with E-state index in [-0.39, 0.29) is 18.8 Å². The standard InChI is InChI=1S/C12H17NO3/c1-8-11(5-6-14)16-12-4-3-9(15-2)7-10(12)13-8/h3-4,7-8,11,13-14H,5-6H2,1-2H3. The maximum atomic E-state index is 8.94. The number of aliphatic hydroxyl groups is 1. The molecule has 1 aromatic carbocycles. The number of benzene rings is 1. The van der Waals surface area contributed by atoms with Crippen LogP contribution >= 0.6 is 0 Å². The summed E-state index contributed by atoms with van der Waals surface area (Å²) in [6, 6.07) is 5.86. The molecular formula is C12H17NO3. The monoisotopic (exact) mass is 223 g/mol. The van der Waals surface area contributed by atoms with E-state index in [0.717, 1.165) is 17.2 Å². The van der Waals surface area contributed by atoms with Gasteiger partial charge in [-0.25, -0.2) is 0 Å². The highest BCUT2D eigenvalue weighted by Crippen LogP contribution is 2.34. The van der Waals surface area contributed by atoms with Crippen LogP contribution in [0.1, 0.15) is 13.3 Å². The number of nitrogens with one attached hydrogen (secondary N) is 1. The molecule has 16 heavy (non-hydrogen) atoms. The fourth-order valence-electron chi connectivity index (χ4n) is 1.89. The fraction of sp³-hybridized carbons (Fsp3) is 0.500. The number of rotatable bonds is 3. The first-order valence-corrected chi connectivity index (χ1v) is 5.46. The molecule has 2 unspecified atom stereocenters. The van der Waals surface area contributed by atoms with Crippen molar-refractivity contribution in [1.82, 2.24) is 0 Å². The number of hydrogen-bond acceptors (Lipinski definition) is 4. The van der Waals surface area contributed by atoms with Gasteiger partial charge in [0.25, 0.3) is 0 Å². The zero-order valence-electron chi connectivity index (χ0n) is 9.56. The molecule has 1 heterocycles. The SMILES string of the molecule is COc1ccc2c(c1)NC(C)C(CCO)O2. The molecule has 4 nitrogen and oxygen atoms in total. The van der Waals surface area contributed by atoms with Crippen LogP contribution in [-0.4, -0.2) is 31.0 Å². The predicted octanol–water partition coefficient (Wildman–Crippen LogP) is 1.64. The van der Waals surface area contributed by atoms with E-state index >= 15 is 0 Å². The second kappa shape index (κ2) is 4.61. The average Bonchev–Trinajstić information content (AvgIpc) is 2.30. The number of anilines is 1. The summed E-state index contributed by atoms with van der Waals surface area (Å²) in [6.45, 7) is 2.19. The molecule has 2 N–H and O–H groups in total. The van der Waals surface area contributed by atoms with Crippen molar-refractivity contribution in [2.45, 2.75) is 25.5 Å². The molecule has 4 heteroatoms. The van der Waals surface area contributed by atoms with Crippen molar-refractivity contribution in [3.63, 3.8) is 0 Å². The highest BCUT2D eigenvalue weighted by molar-refractivity contribution is 5.61. The molecule has 0 aromatic heterocycles. The summed E-state index contributed by atoms with van der Waals surface area (Å²) in [5, 5.41) is 12.3. The lowest BCUT2D eigenvalue weighted by atomic mass is 10.1. The molecule has 1 aliphatic heterocycles. The maximum Gasteiger partial charge on any atom is 0.143 e. The highest BCUT2D eigenvalue weighted by Gasteiger charge is 2.25. The second-order valence-corrected chi connectivity index (χ2v) is 3.96. The third kappa shape index (κ3) is 2.07.